The Morgan fingerprint density at radius 3 is 1.21 bits per heavy atom. The van der Waals surface area contributed by atoms with Gasteiger partial charge in [0.1, 0.15) is 24.3 Å². The van der Waals surface area contributed by atoms with E-state index in [2.05, 4.69) is 0 Å². The summed E-state index contributed by atoms with van der Waals surface area (Å²) in [6, 6.07) is 19.0. The van der Waals surface area contributed by atoms with E-state index in [4.69, 9.17) is 0 Å². The van der Waals surface area contributed by atoms with Crippen LogP contribution in [0, 0.1) is 0 Å². The first-order valence-corrected chi connectivity index (χ1v) is 10.5. The average molecular weight is 454 g/mol. The monoisotopic (exact) mass is 454 g/mol. The highest BCUT2D eigenvalue weighted by Crippen LogP contribution is 2.30. The fourth-order valence-electron chi connectivity index (χ4n) is 4.15. The van der Waals surface area contributed by atoms with E-state index in [1.54, 1.807) is 48.5 Å². The first kappa shape index (κ1) is 21.1. The molecule has 8 heteroatoms. The van der Waals surface area contributed by atoms with Crippen LogP contribution in [-0.4, -0.2) is 33.8 Å². The molecule has 0 atom stereocenters. The first-order valence-electron chi connectivity index (χ1n) is 10.5. The number of carbonyl (C=O) groups excluding carboxylic acids is 4. The lowest BCUT2D eigenvalue weighted by molar-refractivity contribution is -0.134. The van der Waals surface area contributed by atoms with Crippen molar-refractivity contribution in [2.45, 2.75) is 12.8 Å². The summed E-state index contributed by atoms with van der Waals surface area (Å²) in [6.07, 6.45) is -1.37. The maximum absolute atomic E-state index is 13.0. The summed E-state index contributed by atoms with van der Waals surface area (Å²) in [7, 11) is 0. The number of fused-ring (bicyclic) bond motifs is 2. The van der Waals surface area contributed by atoms with E-state index in [1.807, 2.05) is 0 Å². The van der Waals surface area contributed by atoms with Crippen molar-refractivity contribution in [1.29, 1.82) is 0 Å². The number of nitrogens with zero attached hydrogens (tertiary/aromatic N) is 2. The fourth-order valence-corrected chi connectivity index (χ4v) is 4.15. The van der Waals surface area contributed by atoms with Crippen molar-refractivity contribution in [3.63, 3.8) is 0 Å². The van der Waals surface area contributed by atoms with Crippen LogP contribution in [0.15, 0.2) is 72.8 Å². The molecule has 2 N–H and O–H groups in total. The molecule has 168 valence electrons. The number of benzene rings is 4. The van der Waals surface area contributed by atoms with Crippen molar-refractivity contribution in [3.05, 3.63) is 72.8 Å². The molecule has 1 aliphatic heterocycles. The highest BCUT2D eigenvalue weighted by molar-refractivity contribution is 6.31. The second kappa shape index (κ2) is 8.00. The molecule has 34 heavy (non-hydrogen) atoms. The minimum Gasteiger partial charge on any atom is -0.508 e. The number of imide groups is 2. The van der Waals surface area contributed by atoms with Gasteiger partial charge in [-0.3, -0.25) is 19.2 Å². The number of phenols is 2. The summed E-state index contributed by atoms with van der Waals surface area (Å²) in [6.45, 7) is 0. The Balaban J connectivity index is 1.50. The molecule has 0 aliphatic carbocycles. The van der Waals surface area contributed by atoms with Gasteiger partial charge >= 0.3 is 0 Å². The molecule has 0 radical (unpaired) electrons. The normalized spacial score (nSPS) is 15.2. The standard InChI is InChI=1S/C26H18N2O6/c29-21-7-3-15-1-5-19(9-17(15)11-21)27-23(31)13-25(33)28(26(34)14-24(27)32)20-6-2-16-4-8-22(30)12-18(16)10-20/h1-12,29-30H,13-14H2. The molecule has 5 rings (SSSR count). The number of aromatic hydroxyl groups is 2. The maximum Gasteiger partial charge on any atom is 0.243 e. The molecule has 0 spiro atoms. The minimum atomic E-state index is -0.759. The van der Waals surface area contributed by atoms with Gasteiger partial charge in [-0.2, -0.15) is 0 Å². The van der Waals surface area contributed by atoms with Crippen LogP contribution in [0.25, 0.3) is 21.5 Å². The van der Waals surface area contributed by atoms with Crippen molar-refractivity contribution in [1.82, 2.24) is 0 Å². The molecule has 4 aromatic carbocycles. The van der Waals surface area contributed by atoms with Crippen LogP contribution in [0.3, 0.4) is 0 Å². The number of hydrogen-bond acceptors (Lipinski definition) is 6. The van der Waals surface area contributed by atoms with E-state index >= 15 is 0 Å². The van der Waals surface area contributed by atoms with Gasteiger partial charge < -0.3 is 10.2 Å². The van der Waals surface area contributed by atoms with Gasteiger partial charge in [0.15, 0.2) is 0 Å². The number of amides is 4. The zero-order valence-corrected chi connectivity index (χ0v) is 17.8. The largest absolute Gasteiger partial charge is 0.508 e. The van der Waals surface area contributed by atoms with Gasteiger partial charge in [0.25, 0.3) is 0 Å². The van der Waals surface area contributed by atoms with Crippen LogP contribution in [0.1, 0.15) is 12.8 Å². The van der Waals surface area contributed by atoms with Crippen LogP contribution in [-0.2, 0) is 19.2 Å². The third-order valence-corrected chi connectivity index (χ3v) is 5.73. The van der Waals surface area contributed by atoms with E-state index in [1.165, 1.54) is 24.3 Å². The molecular weight excluding hydrogens is 436 g/mol. The smallest absolute Gasteiger partial charge is 0.243 e. The highest BCUT2D eigenvalue weighted by Gasteiger charge is 2.36. The summed E-state index contributed by atoms with van der Waals surface area (Å²) >= 11 is 0. The fraction of sp³-hybridized carbons (Fsp3) is 0.0769. The summed E-state index contributed by atoms with van der Waals surface area (Å²) in [4.78, 5) is 53.7. The van der Waals surface area contributed by atoms with Crippen LogP contribution in [0.4, 0.5) is 11.4 Å². The van der Waals surface area contributed by atoms with Crippen LogP contribution < -0.4 is 9.80 Å². The molecular formula is C26H18N2O6. The lowest BCUT2D eigenvalue weighted by Crippen LogP contribution is -2.49. The van der Waals surface area contributed by atoms with Gasteiger partial charge in [-0.25, -0.2) is 9.80 Å². The topological polar surface area (TPSA) is 115 Å². The predicted molar refractivity (Wildman–Crippen MR) is 125 cm³/mol. The van der Waals surface area contributed by atoms with Crippen molar-refractivity contribution < 1.29 is 29.4 Å². The van der Waals surface area contributed by atoms with Gasteiger partial charge in [0.2, 0.25) is 23.6 Å². The number of carbonyl (C=O) groups is 4. The van der Waals surface area contributed by atoms with Crippen molar-refractivity contribution in [2.75, 3.05) is 9.80 Å². The molecule has 0 aromatic heterocycles. The Morgan fingerprint density at radius 1 is 0.471 bits per heavy atom. The van der Waals surface area contributed by atoms with Crippen LogP contribution in [0.2, 0.25) is 0 Å². The van der Waals surface area contributed by atoms with E-state index in [-0.39, 0.29) is 22.9 Å². The van der Waals surface area contributed by atoms with Crippen molar-refractivity contribution in [2.24, 2.45) is 0 Å². The minimum absolute atomic E-state index is 0.0275. The Morgan fingerprint density at radius 2 is 0.824 bits per heavy atom. The Bertz CT molecular complexity index is 1380. The van der Waals surface area contributed by atoms with Crippen molar-refractivity contribution >= 4 is 56.5 Å². The number of anilines is 2. The van der Waals surface area contributed by atoms with E-state index in [0.717, 1.165) is 20.6 Å². The first-order chi connectivity index (χ1) is 16.3. The third kappa shape index (κ3) is 3.71. The third-order valence-electron chi connectivity index (χ3n) is 5.73. The van der Waals surface area contributed by atoms with E-state index < -0.39 is 36.5 Å². The van der Waals surface area contributed by atoms with Gasteiger partial charge in [-0.15, -0.1) is 0 Å². The molecule has 0 unspecified atom stereocenters. The summed E-state index contributed by atoms with van der Waals surface area (Å²) in [5, 5.41) is 22.3. The number of hydrogen-bond donors (Lipinski definition) is 2. The summed E-state index contributed by atoms with van der Waals surface area (Å²) in [5.41, 5.74) is 0.423. The molecule has 0 bridgehead atoms. The van der Waals surface area contributed by atoms with Gasteiger partial charge in [0.05, 0.1) is 11.4 Å². The van der Waals surface area contributed by atoms with Gasteiger partial charge in [-0.05, 0) is 70.1 Å². The molecule has 0 saturated carbocycles. The maximum atomic E-state index is 13.0. The lowest BCUT2D eigenvalue weighted by atomic mass is 10.1. The van der Waals surface area contributed by atoms with E-state index in [9.17, 15) is 29.4 Å². The quantitative estimate of drug-likeness (QED) is 0.353. The van der Waals surface area contributed by atoms with Crippen LogP contribution >= 0.6 is 0 Å². The lowest BCUT2D eigenvalue weighted by Gasteiger charge is -2.28. The second-order valence-corrected chi connectivity index (χ2v) is 8.03. The molecule has 1 fully saturated rings. The van der Waals surface area contributed by atoms with E-state index in [0.29, 0.717) is 10.8 Å². The number of rotatable bonds is 2. The Hall–Kier alpha value is -4.72. The highest BCUT2D eigenvalue weighted by atomic mass is 16.3. The molecule has 4 aromatic rings. The number of phenolic OH excluding ortho intramolecular Hbond substituents is 2. The Labute approximate surface area is 193 Å². The van der Waals surface area contributed by atoms with Crippen molar-refractivity contribution in [3.8, 4) is 11.5 Å². The van der Waals surface area contributed by atoms with Gasteiger partial charge in [0, 0.05) is 0 Å². The molecule has 8 nitrogen and oxygen atoms in total. The zero-order chi connectivity index (χ0) is 24.0. The van der Waals surface area contributed by atoms with Gasteiger partial charge in [-0.1, -0.05) is 24.3 Å². The average Bonchev–Trinajstić information content (AvgIpc) is 2.78. The molecule has 1 saturated heterocycles. The predicted octanol–water partition coefficient (Wildman–Crippen LogP) is 3.62. The zero-order valence-electron chi connectivity index (χ0n) is 17.8. The Kier molecular flexibility index (Phi) is 4.98. The SMILES string of the molecule is O=C1CC(=O)N(c2ccc3ccc(O)cc3c2)C(=O)CC(=O)N1c1ccc2ccc(O)cc2c1. The summed E-state index contributed by atoms with van der Waals surface area (Å²) < 4.78 is 0. The molecule has 4 amide bonds. The molecule has 1 heterocycles. The second-order valence-electron chi connectivity index (χ2n) is 8.03. The molecule has 1 aliphatic rings. The van der Waals surface area contributed by atoms with Crippen LogP contribution in [0.5, 0.6) is 11.5 Å². The summed E-state index contributed by atoms with van der Waals surface area (Å²) in [5.74, 6) is -2.98.